The quantitative estimate of drug-likeness (QED) is 0.596. The average Bonchev–Trinajstić information content (AvgIpc) is 2.09. The second-order valence-electron chi connectivity index (χ2n) is 2.75. The van der Waals surface area contributed by atoms with Crippen molar-refractivity contribution in [3.63, 3.8) is 0 Å². The molecule has 13 heavy (non-hydrogen) atoms. The number of benzene rings is 1. The van der Waals surface area contributed by atoms with Gasteiger partial charge >= 0.3 is 0 Å². The Balaban J connectivity index is 2.97. The third kappa shape index (κ3) is 1.16. The molecule has 2 aromatic rings. The highest BCUT2D eigenvalue weighted by Crippen LogP contribution is 2.17. The maximum Gasteiger partial charge on any atom is 0.284 e. The van der Waals surface area contributed by atoms with Crippen LogP contribution in [0.15, 0.2) is 29.1 Å². The van der Waals surface area contributed by atoms with Crippen molar-refractivity contribution in [3.8, 4) is 0 Å². The van der Waals surface area contributed by atoms with Crippen LogP contribution in [-0.4, -0.2) is 4.98 Å². The molecule has 0 atom stereocenters. The standard InChI is InChI=1S/C9H7FN2O/c10-6-4-5-7(11)2-1-3-8(5)12-9(6)13/h1-4H,11H2,(H,12,13). The zero-order chi connectivity index (χ0) is 9.42. The first-order valence-corrected chi connectivity index (χ1v) is 3.75. The average molecular weight is 178 g/mol. The van der Waals surface area contributed by atoms with Gasteiger partial charge in [0, 0.05) is 11.1 Å². The molecule has 0 amide bonds. The van der Waals surface area contributed by atoms with Gasteiger partial charge in [0.05, 0.1) is 5.52 Å². The molecule has 0 saturated carbocycles. The number of nitrogen functional groups attached to an aromatic ring is 1. The maximum absolute atomic E-state index is 12.8. The highest BCUT2D eigenvalue weighted by atomic mass is 19.1. The topological polar surface area (TPSA) is 58.9 Å². The molecule has 1 aromatic heterocycles. The molecule has 0 saturated heterocycles. The van der Waals surface area contributed by atoms with Crippen LogP contribution in [0.4, 0.5) is 10.1 Å². The minimum atomic E-state index is -0.814. The Morgan fingerprint density at radius 2 is 2.15 bits per heavy atom. The lowest BCUT2D eigenvalue weighted by Gasteiger charge is -2.00. The monoisotopic (exact) mass is 178 g/mol. The van der Waals surface area contributed by atoms with E-state index in [0.717, 1.165) is 6.07 Å². The summed E-state index contributed by atoms with van der Waals surface area (Å²) in [6.45, 7) is 0. The van der Waals surface area contributed by atoms with E-state index in [0.29, 0.717) is 16.6 Å². The van der Waals surface area contributed by atoms with E-state index < -0.39 is 11.4 Å². The van der Waals surface area contributed by atoms with Gasteiger partial charge in [-0.3, -0.25) is 4.79 Å². The van der Waals surface area contributed by atoms with E-state index in [1.165, 1.54) is 0 Å². The maximum atomic E-state index is 12.8. The number of halogens is 1. The fraction of sp³-hybridized carbons (Fsp3) is 0. The van der Waals surface area contributed by atoms with Crippen molar-refractivity contribution in [1.29, 1.82) is 0 Å². The molecule has 0 aliphatic carbocycles. The van der Waals surface area contributed by atoms with E-state index in [9.17, 15) is 9.18 Å². The smallest absolute Gasteiger partial charge is 0.284 e. The second kappa shape index (κ2) is 2.58. The molecule has 0 unspecified atom stereocenters. The highest BCUT2D eigenvalue weighted by Gasteiger charge is 2.02. The van der Waals surface area contributed by atoms with Gasteiger partial charge in [0.15, 0.2) is 5.82 Å². The first kappa shape index (κ1) is 7.79. The van der Waals surface area contributed by atoms with Crippen LogP contribution in [-0.2, 0) is 0 Å². The van der Waals surface area contributed by atoms with E-state index in [2.05, 4.69) is 4.98 Å². The van der Waals surface area contributed by atoms with Crippen LogP contribution in [0.3, 0.4) is 0 Å². The van der Waals surface area contributed by atoms with E-state index in [4.69, 9.17) is 5.73 Å². The minimum Gasteiger partial charge on any atom is -0.398 e. The molecule has 0 spiro atoms. The Kier molecular flexibility index (Phi) is 1.55. The molecule has 1 heterocycles. The number of aromatic amines is 1. The van der Waals surface area contributed by atoms with Crippen LogP contribution in [0, 0.1) is 5.82 Å². The van der Waals surface area contributed by atoms with Gasteiger partial charge in [0.2, 0.25) is 0 Å². The number of pyridine rings is 1. The molecule has 4 heteroatoms. The van der Waals surface area contributed by atoms with E-state index in [1.54, 1.807) is 18.2 Å². The predicted molar refractivity (Wildman–Crippen MR) is 48.9 cm³/mol. The molecule has 2 rings (SSSR count). The third-order valence-corrected chi connectivity index (χ3v) is 1.88. The van der Waals surface area contributed by atoms with E-state index in [-0.39, 0.29) is 0 Å². The number of H-pyrrole nitrogens is 1. The Morgan fingerprint density at radius 1 is 1.38 bits per heavy atom. The summed E-state index contributed by atoms with van der Waals surface area (Å²) < 4.78 is 12.8. The van der Waals surface area contributed by atoms with Crippen LogP contribution in [0.25, 0.3) is 10.9 Å². The largest absolute Gasteiger partial charge is 0.398 e. The second-order valence-corrected chi connectivity index (χ2v) is 2.75. The molecular weight excluding hydrogens is 171 g/mol. The summed E-state index contributed by atoms with van der Waals surface area (Å²) in [6, 6.07) is 6.17. The zero-order valence-electron chi connectivity index (χ0n) is 6.67. The van der Waals surface area contributed by atoms with Gasteiger partial charge in [0.1, 0.15) is 0 Å². The molecule has 66 valence electrons. The molecule has 0 fully saturated rings. The normalized spacial score (nSPS) is 10.5. The third-order valence-electron chi connectivity index (χ3n) is 1.88. The van der Waals surface area contributed by atoms with Crippen molar-refractivity contribution >= 4 is 16.6 Å². The van der Waals surface area contributed by atoms with Gasteiger partial charge in [-0.25, -0.2) is 4.39 Å². The minimum absolute atomic E-state index is 0.452. The summed E-state index contributed by atoms with van der Waals surface area (Å²) in [7, 11) is 0. The first-order chi connectivity index (χ1) is 6.18. The number of rotatable bonds is 0. The number of hydrogen-bond donors (Lipinski definition) is 2. The van der Waals surface area contributed by atoms with Crippen LogP contribution >= 0.6 is 0 Å². The summed E-state index contributed by atoms with van der Waals surface area (Å²) in [4.78, 5) is 13.3. The Labute approximate surface area is 73.0 Å². The molecule has 0 bridgehead atoms. The van der Waals surface area contributed by atoms with Crippen LogP contribution in [0.2, 0.25) is 0 Å². The van der Waals surface area contributed by atoms with Crippen molar-refractivity contribution < 1.29 is 4.39 Å². The molecule has 3 N–H and O–H groups in total. The van der Waals surface area contributed by atoms with Gasteiger partial charge in [-0.1, -0.05) is 6.07 Å². The Hall–Kier alpha value is -1.84. The molecule has 0 aliphatic heterocycles. The predicted octanol–water partition coefficient (Wildman–Crippen LogP) is 1.25. The van der Waals surface area contributed by atoms with Crippen molar-refractivity contribution in [2.24, 2.45) is 0 Å². The Morgan fingerprint density at radius 3 is 2.92 bits per heavy atom. The van der Waals surface area contributed by atoms with Crippen molar-refractivity contribution in [1.82, 2.24) is 4.98 Å². The van der Waals surface area contributed by atoms with Crippen molar-refractivity contribution in [2.45, 2.75) is 0 Å². The van der Waals surface area contributed by atoms with Crippen LogP contribution in [0.1, 0.15) is 0 Å². The van der Waals surface area contributed by atoms with Gasteiger partial charge in [-0.2, -0.15) is 0 Å². The Bertz CT molecular complexity index is 518. The van der Waals surface area contributed by atoms with Crippen molar-refractivity contribution in [2.75, 3.05) is 5.73 Å². The molecular formula is C9H7FN2O. The lowest BCUT2D eigenvalue weighted by Crippen LogP contribution is -2.10. The van der Waals surface area contributed by atoms with E-state index in [1.807, 2.05) is 0 Å². The number of hydrogen-bond acceptors (Lipinski definition) is 2. The van der Waals surface area contributed by atoms with Gasteiger partial charge < -0.3 is 10.7 Å². The lowest BCUT2D eigenvalue weighted by atomic mass is 10.2. The summed E-state index contributed by atoms with van der Waals surface area (Å²) in [5, 5.41) is 0.527. The molecule has 1 aromatic carbocycles. The highest BCUT2D eigenvalue weighted by molar-refractivity contribution is 5.89. The van der Waals surface area contributed by atoms with Crippen LogP contribution < -0.4 is 11.3 Å². The summed E-state index contributed by atoms with van der Waals surface area (Å²) in [5.74, 6) is -0.814. The van der Waals surface area contributed by atoms with Crippen molar-refractivity contribution in [3.05, 3.63) is 40.4 Å². The number of nitrogens with two attached hydrogens (primary N) is 1. The summed E-state index contributed by atoms with van der Waals surface area (Å²) in [6.07, 6.45) is 0. The fourth-order valence-electron chi connectivity index (χ4n) is 1.23. The first-order valence-electron chi connectivity index (χ1n) is 3.75. The molecule has 0 aliphatic rings. The summed E-state index contributed by atoms with van der Waals surface area (Å²) >= 11 is 0. The fourth-order valence-corrected chi connectivity index (χ4v) is 1.23. The SMILES string of the molecule is Nc1cccc2[nH]c(=O)c(F)cc12. The number of fused-ring (bicyclic) bond motifs is 1. The van der Waals surface area contributed by atoms with Crippen LogP contribution in [0.5, 0.6) is 0 Å². The zero-order valence-corrected chi connectivity index (χ0v) is 6.67. The molecule has 3 nitrogen and oxygen atoms in total. The molecule has 0 radical (unpaired) electrons. The van der Waals surface area contributed by atoms with Gasteiger partial charge in [-0.05, 0) is 18.2 Å². The summed E-state index contributed by atoms with van der Waals surface area (Å²) in [5.41, 5.74) is 5.86. The lowest BCUT2D eigenvalue weighted by molar-refractivity contribution is 0.612. The van der Waals surface area contributed by atoms with E-state index >= 15 is 0 Å². The number of nitrogens with one attached hydrogen (secondary N) is 1. The number of anilines is 1. The van der Waals surface area contributed by atoms with Gasteiger partial charge in [0.25, 0.3) is 5.56 Å². The van der Waals surface area contributed by atoms with Gasteiger partial charge in [-0.15, -0.1) is 0 Å². The number of aromatic nitrogens is 1.